The van der Waals surface area contributed by atoms with Gasteiger partial charge in [0.05, 0.1) is 11.6 Å². The summed E-state index contributed by atoms with van der Waals surface area (Å²) in [6.45, 7) is -3.15. The lowest BCUT2D eigenvalue weighted by Crippen LogP contribution is -2.10. The van der Waals surface area contributed by atoms with E-state index < -0.39 is 23.9 Å². The maximum Gasteiger partial charge on any atom is 0.387 e. The number of alkyl halides is 3. The van der Waals surface area contributed by atoms with Crippen LogP contribution in [0.1, 0.15) is 21.5 Å². The zero-order valence-electron chi connectivity index (χ0n) is 8.28. The van der Waals surface area contributed by atoms with Crippen LogP contribution in [-0.4, -0.2) is 17.7 Å². The molecule has 17 heavy (non-hydrogen) atoms. The van der Waals surface area contributed by atoms with E-state index in [1.54, 1.807) is 6.07 Å². The molecule has 0 bridgehead atoms. The molecule has 0 fully saturated rings. The lowest BCUT2D eigenvalue weighted by Gasteiger charge is -2.13. The topological polar surface area (TPSA) is 70.3 Å². The molecule has 0 radical (unpaired) electrons. The SMILES string of the molecule is N#Cc1ccc(C(=O)O)c(OC(F)F)c1CBr. The Morgan fingerprint density at radius 1 is 1.59 bits per heavy atom. The molecule has 7 heteroatoms. The van der Waals surface area contributed by atoms with E-state index in [-0.39, 0.29) is 16.5 Å². The molecular formula is C10H6BrF2NO3. The van der Waals surface area contributed by atoms with Crippen molar-refractivity contribution in [2.45, 2.75) is 11.9 Å². The van der Waals surface area contributed by atoms with Crippen LogP contribution in [0.2, 0.25) is 0 Å². The molecule has 1 aromatic carbocycles. The third-order valence-electron chi connectivity index (χ3n) is 1.95. The van der Waals surface area contributed by atoms with Crippen molar-refractivity contribution in [3.8, 4) is 11.8 Å². The van der Waals surface area contributed by atoms with Crippen molar-refractivity contribution in [2.75, 3.05) is 0 Å². The highest BCUT2D eigenvalue weighted by molar-refractivity contribution is 9.08. The van der Waals surface area contributed by atoms with Crippen LogP contribution in [0.5, 0.6) is 5.75 Å². The molecule has 90 valence electrons. The highest BCUT2D eigenvalue weighted by Gasteiger charge is 2.21. The average molecular weight is 306 g/mol. The molecule has 0 saturated heterocycles. The number of hydrogen-bond acceptors (Lipinski definition) is 3. The van der Waals surface area contributed by atoms with Crippen LogP contribution in [0, 0.1) is 11.3 Å². The van der Waals surface area contributed by atoms with Gasteiger partial charge in [-0.25, -0.2) is 4.79 Å². The predicted molar refractivity (Wildman–Crippen MR) is 57.4 cm³/mol. The molecule has 0 spiro atoms. The summed E-state index contributed by atoms with van der Waals surface area (Å²) >= 11 is 3.00. The van der Waals surface area contributed by atoms with Gasteiger partial charge >= 0.3 is 12.6 Å². The lowest BCUT2D eigenvalue weighted by molar-refractivity contribution is -0.0508. The Morgan fingerprint density at radius 3 is 2.65 bits per heavy atom. The van der Waals surface area contributed by atoms with Crippen molar-refractivity contribution >= 4 is 21.9 Å². The van der Waals surface area contributed by atoms with E-state index in [1.807, 2.05) is 0 Å². The van der Waals surface area contributed by atoms with Gasteiger partial charge in [-0.3, -0.25) is 0 Å². The summed E-state index contributed by atoms with van der Waals surface area (Å²) in [6.07, 6.45) is 0. The molecule has 1 aromatic rings. The Balaban J connectivity index is 3.45. The molecule has 0 aromatic heterocycles. The standard InChI is InChI=1S/C10H6BrF2NO3/c11-3-7-5(4-14)1-2-6(9(15)16)8(7)17-10(12)13/h1-2,10H,3H2,(H,15,16). The summed E-state index contributed by atoms with van der Waals surface area (Å²) in [5, 5.41) is 17.7. The second kappa shape index (κ2) is 5.59. The Labute approximate surface area is 104 Å². The van der Waals surface area contributed by atoms with Crippen molar-refractivity contribution in [3.63, 3.8) is 0 Å². The summed E-state index contributed by atoms with van der Waals surface area (Å²) in [7, 11) is 0. The van der Waals surface area contributed by atoms with Crippen LogP contribution in [0.3, 0.4) is 0 Å². The van der Waals surface area contributed by atoms with E-state index in [4.69, 9.17) is 10.4 Å². The quantitative estimate of drug-likeness (QED) is 0.868. The van der Waals surface area contributed by atoms with Crippen LogP contribution in [0.25, 0.3) is 0 Å². The van der Waals surface area contributed by atoms with Gasteiger partial charge in [-0.05, 0) is 12.1 Å². The maximum atomic E-state index is 12.2. The number of carboxylic acids is 1. The number of aromatic carboxylic acids is 1. The van der Waals surface area contributed by atoms with Gasteiger partial charge in [-0.1, -0.05) is 15.9 Å². The predicted octanol–water partition coefficient (Wildman–Crippen LogP) is 2.75. The number of ether oxygens (including phenoxy) is 1. The molecule has 0 atom stereocenters. The molecule has 0 aliphatic carbocycles. The van der Waals surface area contributed by atoms with Gasteiger partial charge in [0.15, 0.2) is 0 Å². The zero-order valence-corrected chi connectivity index (χ0v) is 9.87. The van der Waals surface area contributed by atoms with E-state index in [0.29, 0.717) is 0 Å². The molecular weight excluding hydrogens is 300 g/mol. The highest BCUT2D eigenvalue weighted by Crippen LogP contribution is 2.30. The van der Waals surface area contributed by atoms with E-state index in [9.17, 15) is 13.6 Å². The molecule has 0 unspecified atom stereocenters. The monoisotopic (exact) mass is 305 g/mol. The fourth-order valence-corrected chi connectivity index (χ4v) is 1.81. The van der Waals surface area contributed by atoms with E-state index in [1.165, 1.54) is 6.07 Å². The van der Waals surface area contributed by atoms with Crippen LogP contribution < -0.4 is 4.74 Å². The number of nitriles is 1. The summed E-state index contributed by atoms with van der Waals surface area (Å²) in [5.41, 5.74) is -0.228. The third kappa shape index (κ3) is 2.91. The first-order valence-corrected chi connectivity index (χ1v) is 5.43. The minimum atomic E-state index is -3.15. The molecule has 0 saturated carbocycles. The maximum absolute atomic E-state index is 12.2. The van der Waals surface area contributed by atoms with Gasteiger partial charge in [0.2, 0.25) is 0 Å². The first-order valence-electron chi connectivity index (χ1n) is 4.31. The average Bonchev–Trinajstić information content (AvgIpc) is 2.27. The Kier molecular flexibility index (Phi) is 4.40. The largest absolute Gasteiger partial charge is 0.478 e. The number of benzene rings is 1. The molecule has 0 heterocycles. The molecule has 0 amide bonds. The van der Waals surface area contributed by atoms with E-state index in [2.05, 4.69) is 20.7 Å². The second-order valence-electron chi connectivity index (χ2n) is 2.90. The van der Waals surface area contributed by atoms with Gasteiger partial charge in [0, 0.05) is 10.9 Å². The minimum Gasteiger partial charge on any atom is -0.478 e. The summed E-state index contributed by atoms with van der Waals surface area (Å²) < 4.78 is 28.6. The number of nitrogens with zero attached hydrogens (tertiary/aromatic N) is 1. The fourth-order valence-electron chi connectivity index (χ4n) is 1.26. The van der Waals surface area contributed by atoms with Gasteiger partial charge in [0.25, 0.3) is 0 Å². The number of carboxylic acid groups (broad SMARTS) is 1. The van der Waals surface area contributed by atoms with Crippen molar-refractivity contribution in [2.24, 2.45) is 0 Å². The molecule has 0 aliphatic heterocycles. The van der Waals surface area contributed by atoms with Crippen LogP contribution in [0.4, 0.5) is 8.78 Å². The highest BCUT2D eigenvalue weighted by atomic mass is 79.9. The van der Waals surface area contributed by atoms with Crippen molar-refractivity contribution in [3.05, 3.63) is 28.8 Å². The van der Waals surface area contributed by atoms with Gasteiger partial charge < -0.3 is 9.84 Å². The summed E-state index contributed by atoms with van der Waals surface area (Å²) in [4.78, 5) is 10.8. The van der Waals surface area contributed by atoms with E-state index in [0.717, 1.165) is 6.07 Å². The molecule has 4 nitrogen and oxygen atoms in total. The molecule has 1 rings (SSSR count). The number of carbonyl (C=O) groups is 1. The van der Waals surface area contributed by atoms with Crippen molar-refractivity contribution in [1.82, 2.24) is 0 Å². The Bertz CT molecular complexity index is 485. The Hall–Kier alpha value is -1.68. The fraction of sp³-hybridized carbons (Fsp3) is 0.200. The van der Waals surface area contributed by atoms with Crippen LogP contribution in [-0.2, 0) is 5.33 Å². The van der Waals surface area contributed by atoms with Gasteiger partial charge in [0.1, 0.15) is 11.3 Å². The number of rotatable bonds is 4. The van der Waals surface area contributed by atoms with E-state index >= 15 is 0 Å². The second-order valence-corrected chi connectivity index (χ2v) is 3.46. The molecule has 0 aliphatic rings. The third-order valence-corrected chi connectivity index (χ3v) is 2.51. The lowest BCUT2D eigenvalue weighted by atomic mass is 10.0. The number of hydrogen-bond donors (Lipinski definition) is 1. The van der Waals surface area contributed by atoms with Crippen LogP contribution in [0.15, 0.2) is 12.1 Å². The van der Waals surface area contributed by atoms with Crippen molar-refractivity contribution in [1.29, 1.82) is 5.26 Å². The van der Waals surface area contributed by atoms with Crippen LogP contribution >= 0.6 is 15.9 Å². The Morgan fingerprint density at radius 2 is 2.24 bits per heavy atom. The van der Waals surface area contributed by atoms with Gasteiger partial charge in [-0.15, -0.1) is 0 Å². The number of halogens is 3. The summed E-state index contributed by atoms with van der Waals surface area (Å²) in [5.74, 6) is -1.88. The minimum absolute atomic E-state index is 0.0407. The molecule has 1 N–H and O–H groups in total. The normalized spacial score (nSPS) is 10.1. The zero-order chi connectivity index (χ0) is 13.0. The first-order chi connectivity index (χ1) is 8.01. The summed E-state index contributed by atoms with van der Waals surface area (Å²) in [6, 6.07) is 4.09. The first kappa shape index (κ1) is 13.4. The smallest absolute Gasteiger partial charge is 0.387 e. The van der Waals surface area contributed by atoms with Gasteiger partial charge in [-0.2, -0.15) is 14.0 Å². The van der Waals surface area contributed by atoms with Crippen molar-refractivity contribution < 1.29 is 23.4 Å².